The van der Waals surface area contributed by atoms with Crippen molar-refractivity contribution in [1.29, 1.82) is 0 Å². The third kappa shape index (κ3) is 4.83. The Morgan fingerprint density at radius 2 is 1.73 bits per heavy atom. The molecule has 0 spiro atoms. The van der Waals surface area contributed by atoms with Crippen LogP contribution in [0.25, 0.3) is 11.4 Å². The van der Waals surface area contributed by atoms with E-state index in [0.717, 1.165) is 54.6 Å². The average Bonchev–Trinajstić information content (AvgIpc) is 3.29. The van der Waals surface area contributed by atoms with Gasteiger partial charge in [0.2, 0.25) is 5.91 Å². The number of rotatable bonds is 7. The Balaban J connectivity index is 1.35. The van der Waals surface area contributed by atoms with E-state index in [-0.39, 0.29) is 5.91 Å². The van der Waals surface area contributed by atoms with Gasteiger partial charge in [-0.05, 0) is 48.6 Å². The minimum Gasteiger partial charge on any atom is -0.311 e. The maximum absolute atomic E-state index is 13.1. The molecule has 1 amide bonds. The number of hydrogen-bond donors (Lipinski definition) is 0. The Morgan fingerprint density at radius 1 is 0.939 bits per heavy atom. The van der Waals surface area contributed by atoms with Crippen molar-refractivity contribution in [2.24, 2.45) is 0 Å². The van der Waals surface area contributed by atoms with E-state index in [4.69, 9.17) is 0 Å². The van der Waals surface area contributed by atoms with Crippen molar-refractivity contribution in [3.63, 3.8) is 0 Å². The summed E-state index contributed by atoms with van der Waals surface area (Å²) in [7, 11) is 0. The van der Waals surface area contributed by atoms with E-state index < -0.39 is 0 Å². The maximum Gasteiger partial charge on any atom is 0.237 e. The number of para-hydroxylation sites is 1. The molecule has 6 nitrogen and oxygen atoms in total. The van der Waals surface area contributed by atoms with Crippen LogP contribution in [-0.2, 0) is 24.2 Å². The van der Waals surface area contributed by atoms with Gasteiger partial charge in [-0.15, -0.1) is 10.2 Å². The summed E-state index contributed by atoms with van der Waals surface area (Å²) in [6.07, 6.45) is 6.40. The van der Waals surface area contributed by atoms with Crippen LogP contribution in [0.5, 0.6) is 0 Å². The number of aryl methyl sites for hydroxylation is 2. The summed E-state index contributed by atoms with van der Waals surface area (Å²) in [4.78, 5) is 19.2. The van der Waals surface area contributed by atoms with Crippen LogP contribution in [0.1, 0.15) is 17.5 Å². The molecule has 3 heterocycles. The molecule has 0 N–H and O–H groups in total. The molecule has 7 heteroatoms. The van der Waals surface area contributed by atoms with Crippen LogP contribution in [0.15, 0.2) is 84.3 Å². The van der Waals surface area contributed by atoms with Crippen molar-refractivity contribution in [2.75, 3.05) is 17.2 Å². The molecule has 5 rings (SSSR count). The molecule has 0 saturated carbocycles. The van der Waals surface area contributed by atoms with E-state index >= 15 is 0 Å². The number of anilines is 1. The molecule has 0 unspecified atom stereocenters. The molecule has 0 atom stereocenters. The minimum atomic E-state index is 0.107. The van der Waals surface area contributed by atoms with Crippen LogP contribution < -0.4 is 4.90 Å². The second-order valence-electron chi connectivity index (χ2n) is 8.00. The number of carbonyl (C=O) groups is 1. The lowest BCUT2D eigenvalue weighted by molar-refractivity contribution is -0.116. The van der Waals surface area contributed by atoms with Crippen molar-refractivity contribution in [1.82, 2.24) is 19.7 Å². The Bertz CT molecular complexity index is 1230. The molecule has 0 saturated heterocycles. The van der Waals surface area contributed by atoms with E-state index in [9.17, 15) is 4.79 Å². The van der Waals surface area contributed by atoms with Gasteiger partial charge in [0, 0.05) is 36.7 Å². The summed E-state index contributed by atoms with van der Waals surface area (Å²) in [6.45, 7) is 1.50. The number of nitrogens with zero attached hydrogens (tertiary/aromatic N) is 5. The summed E-state index contributed by atoms with van der Waals surface area (Å²) in [5.74, 6) is 1.23. The van der Waals surface area contributed by atoms with E-state index in [2.05, 4.69) is 50.1 Å². The van der Waals surface area contributed by atoms with Gasteiger partial charge in [-0.25, -0.2) is 0 Å². The predicted molar refractivity (Wildman–Crippen MR) is 131 cm³/mol. The van der Waals surface area contributed by atoms with Gasteiger partial charge in [0.25, 0.3) is 0 Å². The van der Waals surface area contributed by atoms with Crippen molar-refractivity contribution in [3.8, 4) is 11.4 Å². The number of aromatic nitrogens is 4. The first-order valence-electron chi connectivity index (χ1n) is 11.2. The molecule has 1 aliphatic heterocycles. The van der Waals surface area contributed by atoms with Crippen molar-refractivity contribution < 1.29 is 4.79 Å². The number of carbonyl (C=O) groups excluding carboxylic acids is 1. The largest absolute Gasteiger partial charge is 0.311 e. The molecule has 4 aromatic rings. The molecule has 166 valence electrons. The van der Waals surface area contributed by atoms with Gasteiger partial charge in [-0.2, -0.15) is 0 Å². The highest BCUT2D eigenvalue weighted by Gasteiger charge is 2.23. The first-order valence-corrected chi connectivity index (χ1v) is 12.2. The Kier molecular flexibility index (Phi) is 6.48. The fraction of sp³-hybridized carbons (Fsp3) is 0.231. The zero-order chi connectivity index (χ0) is 22.5. The van der Waals surface area contributed by atoms with Gasteiger partial charge in [-0.1, -0.05) is 60.3 Å². The quantitative estimate of drug-likeness (QED) is 0.380. The highest BCUT2D eigenvalue weighted by Crippen LogP contribution is 2.29. The molecule has 33 heavy (non-hydrogen) atoms. The van der Waals surface area contributed by atoms with Gasteiger partial charge in [0.15, 0.2) is 11.0 Å². The van der Waals surface area contributed by atoms with Crippen LogP contribution in [0, 0.1) is 0 Å². The molecule has 0 radical (unpaired) electrons. The first kappa shape index (κ1) is 21.4. The Hall–Kier alpha value is -3.45. The second kappa shape index (κ2) is 10.0. The Labute approximate surface area is 197 Å². The predicted octanol–water partition coefficient (Wildman–Crippen LogP) is 4.65. The van der Waals surface area contributed by atoms with Gasteiger partial charge in [-0.3, -0.25) is 9.78 Å². The van der Waals surface area contributed by atoms with E-state index in [1.165, 1.54) is 22.9 Å². The standard InChI is InChI=1S/C26H25N5OS/c32-24(30-17-6-10-21-9-4-5-11-23(21)30)19-33-26-29-28-25(22-12-15-27-16-13-22)31(26)18-14-20-7-2-1-3-8-20/h1-5,7-9,11-13,15-16H,6,10,14,17-19H2. The van der Waals surface area contributed by atoms with Crippen LogP contribution in [0.3, 0.4) is 0 Å². The summed E-state index contributed by atoms with van der Waals surface area (Å²) in [5, 5.41) is 9.68. The number of benzene rings is 2. The van der Waals surface area contributed by atoms with Gasteiger partial charge in [0.1, 0.15) is 0 Å². The van der Waals surface area contributed by atoms with Crippen molar-refractivity contribution in [3.05, 3.63) is 90.3 Å². The molecule has 2 aromatic heterocycles. The summed E-state index contributed by atoms with van der Waals surface area (Å²) < 4.78 is 2.12. The molecule has 0 aliphatic carbocycles. The number of hydrogen-bond acceptors (Lipinski definition) is 5. The fourth-order valence-electron chi connectivity index (χ4n) is 4.19. The Morgan fingerprint density at radius 3 is 2.58 bits per heavy atom. The van der Waals surface area contributed by atoms with Gasteiger partial charge < -0.3 is 9.47 Å². The lowest BCUT2D eigenvalue weighted by Gasteiger charge is -2.29. The molecule has 2 aromatic carbocycles. The molecule has 0 bridgehead atoms. The van der Waals surface area contributed by atoms with Crippen molar-refractivity contribution >= 4 is 23.4 Å². The topological polar surface area (TPSA) is 63.9 Å². The van der Waals surface area contributed by atoms with Gasteiger partial charge in [0.05, 0.1) is 5.75 Å². The van der Waals surface area contributed by atoms with E-state index in [0.29, 0.717) is 5.75 Å². The molecular weight excluding hydrogens is 430 g/mol. The monoisotopic (exact) mass is 455 g/mol. The minimum absolute atomic E-state index is 0.107. The van der Waals surface area contributed by atoms with Crippen LogP contribution in [-0.4, -0.2) is 38.0 Å². The van der Waals surface area contributed by atoms with Gasteiger partial charge >= 0.3 is 0 Å². The molecular formula is C26H25N5OS. The second-order valence-corrected chi connectivity index (χ2v) is 8.94. The lowest BCUT2D eigenvalue weighted by atomic mass is 10.0. The van der Waals surface area contributed by atoms with E-state index in [1.54, 1.807) is 12.4 Å². The number of amides is 1. The van der Waals surface area contributed by atoms with Crippen LogP contribution >= 0.6 is 11.8 Å². The third-order valence-electron chi connectivity index (χ3n) is 5.86. The highest BCUT2D eigenvalue weighted by atomic mass is 32.2. The number of thioether (sulfide) groups is 1. The number of pyridine rings is 1. The normalized spacial score (nSPS) is 13.0. The van der Waals surface area contributed by atoms with E-state index in [1.807, 2.05) is 41.3 Å². The zero-order valence-corrected chi connectivity index (χ0v) is 19.1. The molecule has 0 fully saturated rings. The van der Waals surface area contributed by atoms with Crippen LogP contribution in [0.4, 0.5) is 5.69 Å². The molecule has 1 aliphatic rings. The van der Waals surface area contributed by atoms with Crippen LogP contribution in [0.2, 0.25) is 0 Å². The average molecular weight is 456 g/mol. The summed E-state index contributed by atoms with van der Waals surface area (Å²) in [5.41, 5.74) is 4.50. The smallest absolute Gasteiger partial charge is 0.237 e. The fourth-order valence-corrected chi connectivity index (χ4v) is 5.03. The maximum atomic E-state index is 13.1. The first-order chi connectivity index (χ1) is 16.3. The van der Waals surface area contributed by atoms with Crippen molar-refractivity contribution in [2.45, 2.75) is 31.0 Å². The third-order valence-corrected chi connectivity index (χ3v) is 6.81. The lowest BCUT2D eigenvalue weighted by Crippen LogP contribution is -2.36. The summed E-state index contributed by atoms with van der Waals surface area (Å²) >= 11 is 1.46. The number of fused-ring (bicyclic) bond motifs is 1. The zero-order valence-electron chi connectivity index (χ0n) is 18.3. The highest BCUT2D eigenvalue weighted by molar-refractivity contribution is 7.99. The SMILES string of the molecule is O=C(CSc1nnc(-c2ccncc2)n1CCc1ccccc1)N1CCCc2ccccc21. The summed E-state index contributed by atoms with van der Waals surface area (Å²) in [6, 6.07) is 22.4.